The lowest BCUT2D eigenvalue weighted by molar-refractivity contribution is 0.0696. The number of allylic oxidation sites excluding steroid dienone is 1. The van der Waals surface area contributed by atoms with Crippen molar-refractivity contribution in [3.63, 3.8) is 0 Å². The van der Waals surface area contributed by atoms with Gasteiger partial charge in [-0.15, -0.1) is 0 Å². The number of hydrogen-bond donors (Lipinski definition) is 1. The third-order valence-electron chi connectivity index (χ3n) is 1.61. The van der Waals surface area contributed by atoms with Crippen LogP contribution >= 0.6 is 15.9 Å². The van der Waals surface area contributed by atoms with Crippen molar-refractivity contribution in [1.82, 2.24) is 0 Å². The Labute approximate surface area is 85.0 Å². The van der Waals surface area contributed by atoms with Gasteiger partial charge in [0, 0.05) is 4.47 Å². The Hall–Kier alpha value is -1.09. The van der Waals surface area contributed by atoms with E-state index >= 15 is 0 Å². The molecule has 68 valence electrons. The molecule has 1 aromatic rings. The highest BCUT2D eigenvalue weighted by Crippen LogP contribution is 2.22. The first-order valence-electron chi connectivity index (χ1n) is 3.81. The maximum absolute atomic E-state index is 10.7. The fraction of sp³-hybridized carbons (Fsp3) is 0.100. The van der Waals surface area contributed by atoms with Gasteiger partial charge in [0.2, 0.25) is 0 Å². The first-order valence-corrected chi connectivity index (χ1v) is 4.60. The standard InChI is InChI=1S/C10H9BrO2/c1-2-4-7-5-3-6-8(9(7)11)10(12)13/h2-6H,1H3,(H,12,13)/b4-2-. The van der Waals surface area contributed by atoms with Crippen LogP contribution in [0.1, 0.15) is 22.8 Å². The molecule has 0 fully saturated rings. The van der Waals surface area contributed by atoms with Crippen LogP contribution in [0, 0.1) is 0 Å². The maximum atomic E-state index is 10.7. The molecular formula is C10H9BrO2. The quantitative estimate of drug-likeness (QED) is 0.863. The van der Waals surface area contributed by atoms with E-state index in [1.807, 2.05) is 25.1 Å². The lowest BCUT2D eigenvalue weighted by Crippen LogP contribution is -1.98. The second-order valence-electron chi connectivity index (χ2n) is 2.51. The molecule has 3 heteroatoms. The van der Waals surface area contributed by atoms with Crippen LogP contribution in [-0.2, 0) is 0 Å². The highest BCUT2D eigenvalue weighted by molar-refractivity contribution is 9.10. The number of carboxylic acid groups (broad SMARTS) is 1. The Morgan fingerprint density at radius 2 is 2.23 bits per heavy atom. The highest BCUT2D eigenvalue weighted by Gasteiger charge is 2.09. The molecule has 0 aliphatic rings. The van der Waals surface area contributed by atoms with Gasteiger partial charge in [0.15, 0.2) is 0 Å². The summed E-state index contributed by atoms with van der Waals surface area (Å²) < 4.78 is 0.626. The maximum Gasteiger partial charge on any atom is 0.336 e. The molecule has 0 bridgehead atoms. The van der Waals surface area contributed by atoms with Crippen molar-refractivity contribution in [3.05, 3.63) is 39.9 Å². The second-order valence-corrected chi connectivity index (χ2v) is 3.31. The van der Waals surface area contributed by atoms with E-state index in [0.717, 1.165) is 5.56 Å². The molecule has 2 nitrogen and oxygen atoms in total. The second kappa shape index (κ2) is 4.23. The molecule has 1 aromatic carbocycles. The minimum atomic E-state index is -0.918. The van der Waals surface area contributed by atoms with Gasteiger partial charge in [-0.05, 0) is 34.5 Å². The van der Waals surface area contributed by atoms with E-state index in [0.29, 0.717) is 4.47 Å². The molecule has 13 heavy (non-hydrogen) atoms. The smallest absolute Gasteiger partial charge is 0.336 e. The molecule has 1 rings (SSSR count). The van der Waals surface area contributed by atoms with Crippen LogP contribution in [0.3, 0.4) is 0 Å². The average Bonchev–Trinajstić information content (AvgIpc) is 2.08. The molecule has 0 atom stereocenters. The summed E-state index contributed by atoms with van der Waals surface area (Å²) in [4.78, 5) is 10.7. The summed E-state index contributed by atoms with van der Waals surface area (Å²) in [7, 11) is 0. The molecule has 0 aliphatic heterocycles. The van der Waals surface area contributed by atoms with E-state index < -0.39 is 5.97 Å². The van der Waals surface area contributed by atoms with Crippen molar-refractivity contribution in [1.29, 1.82) is 0 Å². The summed E-state index contributed by atoms with van der Waals surface area (Å²) >= 11 is 3.25. The first-order chi connectivity index (χ1) is 6.16. The number of carbonyl (C=O) groups is 1. The molecule has 0 amide bonds. The average molecular weight is 241 g/mol. The zero-order valence-corrected chi connectivity index (χ0v) is 8.71. The van der Waals surface area contributed by atoms with E-state index in [4.69, 9.17) is 5.11 Å². The van der Waals surface area contributed by atoms with Gasteiger partial charge in [-0.2, -0.15) is 0 Å². The summed E-state index contributed by atoms with van der Waals surface area (Å²) in [5.74, 6) is -0.918. The lowest BCUT2D eigenvalue weighted by Gasteiger charge is -2.01. The van der Waals surface area contributed by atoms with E-state index in [1.54, 1.807) is 12.1 Å². The van der Waals surface area contributed by atoms with Crippen molar-refractivity contribution < 1.29 is 9.90 Å². The Kier molecular flexibility index (Phi) is 3.25. The van der Waals surface area contributed by atoms with Crippen LogP contribution in [0.5, 0.6) is 0 Å². The fourth-order valence-electron chi connectivity index (χ4n) is 1.02. The number of benzene rings is 1. The van der Waals surface area contributed by atoms with Crippen LogP contribution in [-0.4, -0.2) is 11.1 Å². The molecule has 0 unspecified atom stereocenters. The number of aromatic carboxylic acids is 1. The number of carboxylic acids is 1. The number of halogens is 1. The van der Waals surface area contributed by atoms with Crippen LogP contribution in [0.4, 0.5) is 0 Å². The summed E-state index contributed by atoms with van der Waals surface area (Å²) in [6.45, 7) is 1.89. The van der Waals surface area contributed by atoms with E-state index in [1.165, 1.54) is 0 Å². The Balaban J connectivity index is 3.26. The molecule has 0 radical (unpaired) electrons. The van der Waals surface area contributed by atoms with Crippen LogP contribution in [0.15, 0.2) is 28.7 Å². The van der Waals surface area contributed by atoms with Gasteiger partial charge >= 0.3 is 5.97 Å². The van der Waals surface area contributed by atoms with Gasteiger partial charge in [0.25, 0.3) is 0 Å². The molecule has 0 saturated carbocycles. The highest BCUT2D eigenvalue weighted by atomic mass is 79.9. The molecule has 0 aliphatic carbocycles. The normalized spacial score (nSPS) is 10.6. The zero-order valence-electron chi connectivity index (χ0n) is 7.12. The largest absolute Gasteiger partial charge is 0.478 e. The molecule has 0 heterocycles. The third kappa shape index (κ3) is 2.18. The summed E-state index contributed by atoms with van der Waals surface area (Å²) in [6, 6.07) is 5.15. The monoisotopic (exact) mass is 240 g/mol. The van der Waals surface area contributed by atoms with Crippen molar-refractivity contribution in [2.45, 2.75) is 6.92 Å². The van der Waals surface area contributed by atoms with E-state index in [2.05, 4.69) is 15.9 Å². The Morgan fingerprint density at radius 1 is 1.54 bits per heavy atom. The molecule has 1 N–H and O–H groups in total. The predicted molar refractivity (Wildman–Crippen MR) is 55.8 cm³/mol. The Bertz CT molecular complexity index is 356. The van der Waals surface area contributed by atoms with E-state index in [9.17, 15) is 4.79 Å². The van der Waals surface area contributed by atoms with Crippen LogP contribution in [0.25, 0.3) is 6.08 Å². The van der Waals surface area contributed by atoms with Gasteiger partial charge in [0.1, 0.15) is 0 Å². The van der Waals surface area contributed by atoms with Crippen LogP contribution in [0.2, 0.25) is 0 Å². The minimum Gasteiger partial charge on any atom is -0.478 e. The van der Waals surface area contributed by atoms with Gasteiger partial charge in [-0.25, -0.2) is 4.79 Å². The fourth-order valence-corrected chi connectivity index (χ4v) is 1.59. The number of rotatable bonds is 2. The van der Waals surface area contributed by atoms with Gasteiger partial charge in [-0.3, -0.25) is 0 Å². The number of hydrogen-bond acceptors (Lipinski definition) is 1. The summed E-state index contributed by atoms with van der Waals surface area (Å²) in [5.41, 5.74) is 1.16. The zero-order chi connectivity index (χ0) is 9.84. The topological polar surface area (TPSA) is 37.3 Å². The van der Waals surface area contributed by atoms with Crippen molar-refractivity contribution >= 4 is 28.0 Å². The third-order valence-corrected chi connectivity index (χ3v) is 2.49. The predicted octanol–water partition coefficient (Wildman–Crippen LogP) is 3.18. The summed E-state index contributed by atoms with van der Waals surface area (Å²) in [6.07, 6.45) is 3.72. The van der Waals surface area contributed by atoms with Gasteiger partial charge in [-0.1, -0.05) is 24.3 Å². The van der Waals surface area contributed by atoms with Gasteiger partial charge < -0.3 is 5.11 Å². The molecule has 0 aromatic heterocycles. The molecule has 0 spiro atoms. The SMILES string of the molecule is C/C=C\c1cccc(C(=O)O)c1Br. The lowest BCUT2D eigenvalue weighted by atomic mass is 10.1. The molecule has 0 saturated heterocycles. The Morgan fingerprint density at radius 3 is 2.77 bits per heavy atom. The van der Waals surface area contributed by atoms with E-state index in [-0.39, 0.29) is 5.56 Å². The first kappa shape index (κ1) is 9.99. The van der Waals surface area contributed by atoms with Crippen molar-refractivity contribution in [2.24, 2.45) is 0 Å². The van der Waals surface area contributed by atoms with Gasteiger partial charge in [0.05, 0.1) is 5.56 Å². The van der Waals surface area contributed by atoms with Crippen LogP contribution < -0.4 is 0 Å². The molecular weight excluding hydrogens is 232 g/mol. The van der Waals surface area contributed by atoms with Crippen molar-refractivity contribution in [2.75, 3.05) is 0 Å². The summed E-state index contributed by atoms with van der Waals surface area (Å²) in [5, 5.41) is 8.80. The minimum absolute atomic E-state index is 0.288. The van der Waals surface area contributed by atoms with Crippen molar-refractivity contribution in [3.8, 4) is 0 Å².